The van der Waals surface area contributed by atoms with E-state index < -0.39 is 5.60 Å². The van der Waals surface area contributed by atoms with Gasteiger partial charge in [0.25, 0.3) is 0 Å². The number of nitrogens with one attached hydrogen (secondary N) is 1. The highest BCUT2D eigenvalue weighted by Gasteiger charge is 2.15. The zero-order chi connectivity index (χ0) is 24.5. The molecule has 0 aromatic carbocycles. The monoisotopic (exact) mass is 481 g/mol. The van der Waals surface area contributed by atoms with E-state index in [0.717, 1.165) is 25.7 Å². The van der Waals surface area contributed by atoms with E-state index in [1.807, 2.05) is 20.8 Å². The van der Waals surface area contributed by atoms with Crippen LogP contribution in [0.1, 0.15) is 46.5 Å². The van der Waals surface area contributed by atoms with Gasteiger partial charge < -0.3 is 43.6 Å². The van der Waals surface area contributed by atoms with Crippen molar-refractivity contribution in [1.82, 2.24) is 5.32 Å². The summed E-state index contributed by atoms with van der Waals surface area (Å²) in [6.07, 6.45) is 3.18. The number of aliphatic hydroxyl groups is 1. The van der Waals surface area contributed by atoms with Crippen LogP contribution in [0.2, 0.25) is 0 Å². The summed E-state index contributed by atoms with van der Waals surface area (Å²) in [6, 6.07) is 0. The van der Waals surface area contributed by atoms with Crippen molar-refractivity contribution in [1.29, 1.82) is 0 Å². The van der Waals surface area contributed by atoms with E-state index in [1.165, 1.54) is 0 Å². The second-order valence-corrected chi connectivity index (χ2v) is 8.24. The molecular formula is C23H47NO9. The van der Waals surface area contributed by atoms with Crippen molar-refractivity contribution >= 4 is 6.09 Å². The van der Waals surface area contributed by atoms with Crippen LogP contribution in [0.5, 0.6) is 0 Å². The van der Waals surface area contributed by atoms with E-state index in [1.54, 1.807) is 0 Å². The lowest BCUT2D eigenvalue weighted by Crippen LogP contribution is -2.33. The van der Waals surface area contributed by atoms with Crippen molar-refractivity contribution in [2.75, 3.05) is 92.4 Å². The maximum absolute atomic E-state index is 11.5. The van der Waals surface area contributed by atoms with Crippen LogP contribution in [0.25, 0.3) is 0 Å². The summed E-state index contributed by atoms with van der Waals surface area (Å²) in [5, 5.41) is 11.3. The minimum atomic E-state index is -0.472. The molecule has 10 heteroatoms. The number of unbranched alkanes of at least 4 members (excludes halogenated alkanes) is 2. The van der Waals surface area contributed by atoms with E-state index in [-0.39, 0.29) is 12.7 Å². The molecule has 10 nitrogen and oxygen atoms in total. The van der Waals surface area contributed by atoms with Crippen LogP contribution in [-0.4, -0.2) is 109 Å². The first-order valence-corrected chi connectivity index (χ1v) is 12.0. The first-order chi connectivity index (χ1) is 16.0. The van der Waals surface area contributed by atoms with Gasteiger partial charge in [0, 0.05) is 26.4 Å². The molecule has 0 aliphatic rings. The summed E-state index contributed by atoms with van der Waals surface area (Å²) in [6.45, 7) is 12.8. The lowest BCUT2D eigenvalue weighted by atomic mass is 10.2. The summed E-state index contributed by atoms with van der Waals surface area (Å²) in [7, 11) is 0. The molecule has 1 amide bonds. The van der Waals surface area contributed by atoms with Crippen LogP contribution in [0.3, 0.4) is 0 Å². The smallest absolute Gasteiger partial charge is 0.407 e. The van der Waals surface area contributed by atoms with Gasteiger partial charge in [-0.05, 0) is 46.5 Å². The highest BCUT2D eigenvalue weighted by molar-refractivity contribution is 5.67. The number of alkyl carbamates (subject to hydrolysis) is 1. The van der Waals surface area contributed by atoms with Crippen LogP contribution in [-0.2, 0) is 33.2 Å². The topological polar surface area (TPSA) is 114 Å². The molecule has 198 valence electrons. The minimum Gasteiger partial charge on any atom is -0.444 e. The molecule has 33 heavy (non-hydrogen) atoms. The Hall–Kier alpha value is -1.01. The van der Waals surface area contributed by atoms with Gasteiger partial charge in [-0.15, -0.1) is 0 Å². The molecule has 0 radical (unpaired) electrons. The van der Waals surface area contributed by atoms with Crippen molar-refractivity contribution in [2.45, 2.75) is 52.1 Å². The molecule has 2 N–H and O–H groups in total. The Morgan fingerprint density at radius 3 is 1.36 bits per heavy atom. The molecule has 0 saturated carbocycles. The first-order valence-electron chi connectivity index (χ1n) is 12.0. The van der Waals surface area contributed by atoms with Crippen molar-refractivity contribution in [3.8, 4) is 0 Å². The summed E-state index contributed by atoms with van der Waals surface area (Å²) in [5.41, 5.74) is -0.472. The molecule has 0 rings (SSSR count). The number of ether oxygens (including phenoxy) is 7. The number of rotatable bonds is 24. The fourth-order valence-electron chi connectivity index (χ4n) is 2.39. The highest BCUT2D eigenvalue weighted by atomic mass is 16.6. The Morgan fingerprint density at radius 2 is 0.970 bits per heavy atom. The molecule has 0 bridgehead atoms. The minimum absolute atomic E-state index is 0.0693. The van der Waals surface area contributed by atoms with Gasteiger partial charge in [-0.25, -0.2) is 4.79 Å². The number of aliphatic hydroxyl groups excluding tert-OH is 1. The maximum atomic E-state index is 11.5. The van der Waals surface area contributed by atoms with Crippen LogP contribution in [0, 0.1) is 0 Å². The number of hydrogen-bond donors (Lipinski definition) is 2. The van der Waals surface area contributed by atoms with E-state index in [9.17, 15) is 4.79 Å². The maximum Gasteiger partial charge on any atom is 0.407 e. The van der Waals surface area contributed by atoms with Crippen LogP contribution in [0.15, 0.2) is 0 Å². The third kappa shape index (κ3) is 29.0. The normalized spacial score (nSPS) is 11.6. The van der Waals surface area contributed by atoms with Gasteiger partial charge >= 0.3 is 6.09 Å². The standard InChI is InChI=1S/C23H47NO9/c1-23(2,3)33-22(26)24-8-4-5-10-28-14-16-30-18-20-32-21-19-31-17-15-29-12-7-6-11-27-13-9-25/h25H,4-21H2,1-3H3,(H,24,26). The van der Waals surface area contributed by atoms with E-state index >= 15 is 0 Å². The summed E-state index contributed by atoms with van der Waals surface area (Å²) in [4.78, 5) is 11.5. The Labute approximate surface area is 199 Å². The predicted octanol–water partition coefficient (Wildman–Crippen LogP) is 2.16. The lowest BCUT2D eigenvalue weighted by Gasteiger charge is -2.19. The van der Waals surface area contributed by atoms with Crippen molar-refractivity contribution in [3.63, 3.8) is 0 Å². The molecule has 0 aromatic rings. The van der Waals surface area contributed by atoms with Crippen molar-refractivity contribution < 1.29 is 43.1 Å². The zero-order valence-electron chi connectivity index (χ0n) is 20.9. The summed E-state index contributed by atoms with van der Waals surface area (Å²) in [5.74, 6) is 0. The average Bonchev–Trinajstić information content (AvgIpc) is 2.75. The number of hydrogen-bond acceptors (Lipinski definition) is 9. The number of carbonyl (C=O) groups is 1. The second-order valence-electron chi connectivity index (χ2n) is 8.24. The molecular weight excluding hydrogens is 434 g/mol. The fourth-order valence-corrected chi connectivity index (χ4v) is 2.39. The van der Waals surface area contributed by atoms with Crippen molar-refractivity contribution in [2.24, 2.45) is 0 Å². The largest absolute Gasteiger partial charge is 0.444 e. The van der Waals surface area contributed by atoms with Crippen LogP contribution in [0.4, 0.5) is 4.79 Å². The molecule has 0 heterocycles. The van der Waals surface area contributed by atoms with E-state index in [0.29, 0.717) is 85.8 Å². The SMILES string of the molecule is CC(C)(C)OC(=O)NCCCCOCCOCCOCCOCCOCCCCOCCO. The third-order valence-electron chi connectivity index (χ3n) is 3.93. The van der Waals surface area contributed by atoms with Crippen molar-refractivity contribution in [3.05, 3.63) is 0 Å². The van der Waals surface area contributed by atoms with Gasteiger partial charge in [0.2, 0.25) is 0 Å². The quantitative estimate of drug-likeness (QED) is 0.200. The average molecular weight is 482 g/mol. The second kappa shape index (κ2) is 24.1. The zero-order valence-corrected chi connectivity index (χ0v) is 20.9. The molecule has 0 atom stereocenters. The highest BCUT2D eigenvalue weighted by Crippen LogP contribution is 2.06. The summed E-state index contributed by atoms with van der Waals surface area (Å²) >= 11 is 0. The van der Waals surface area contributed by atoms with Crippen LogP contribution >= 0.6 is 0 Å². The summed E-state index contributed by atoms with van der Waals surface area (Å²) < 4.78 is 37.6. The Kier molecular flexibility index (Phi) is 23.4. The fraction of sp³-hybridized carbons (Fsp3) is 0.957. The van der Waals surface area contributed by atoms with E-state index in [4.69, 9.17) is 38.3 Å². The third-order valence-corrected chi connectivity index (χ3v) is 3.93. The molecule has 0 saturated heterocycles. The van der Waals surface area contributed by atoms with Gasteiger partial charge in [-0.3, -0.25) is 0 Å². The van der Waals surface area contributed by atoms with Gasteiger partial charge in [0.05, 0.1) is 66.1 Å². The molecule has 0 aliphatic heterocycles. The Morgan fingerprint density at radius 1 is 0.606 bits per heavy atom. The van der Waals surface area contributed by atoms with Gasteiger partial charge in [0.1, 0.15) is 5.60 Å². The Balaban J connectivity index is 3.10. The van der Waals surface area contributed by atoms with E-state index in [2.05, 4.69) is 5.32 Å². The molecule has 0 fully saturated rings. The van der Waals surface area contributed by atoms with Gasteiger partial charge in [-0.1, -0.05) is 0 Å². The van der Waals surface area contributed by atoms with Crippen LogP contribution < -0.4 is 5.32 Å². The molecule has 0 unspecified atom stereocenters. The number of carbonyl (C=O) groups excluding carboxylic acids is 1. The van der Waals surface area contributed by atoms with Gasteiger partial charge in [-0.2, -0.15) is 0 Å². The first kappa shape index (κ1) is 32.0. The Bertz CT molecular complexity index is 419. The molecule has 0 aliphatic carbocycles. The predicted molar refractivity (Wildman–Crippen MR) is 125 cm³/mol. The number of amides is 1. The molecule has 0 aromatic heterocycles. The molecule has 0 spiro atoms. The van der Waals surface area contributed by atoms with Gasteiger partial charge in [0.15, 0.2) is 0 Å². The lowest BCUT2D eigenvalue weighted by molar-refractivity contribution is -0.0117.